The summed E-state index contributed by atoms with van der Waals surface area (Å²) in [5.74, 6) is -1.86. The highest BCUT2D eigenvalue weighted by Crippen LogP contribution is 2.36. The van der Waals surface area contributed by atoms with Crippen molar-refractivity contribution >= 4 is 11.4 Å². The molecule has 1 fully saturated rings. The molecular weight excluding hydrogens is 323 g/mol. The van der Waals surface area contributed by atoms with Gasteiger partial charge in [0.25, 0.3) is 0 Å². The van der Waals surface area contributed by atoms with Gasteiger partial charge in [0.15, 0.2) is 5.82 Å². The van der Waals surface area contributed by atoms with E-state index in [9.17, 15) is 19.3 Å². The van der Waals surface area contributed by atoms with Crippen LogP contribution in [0.1, 0.15) is 13.8 Å². The SMILES string of the molecule is CC1(C)COC[C@H]1Nc1cc(-c2noc(=O)[nH]2)cc(F)c1[N+](=O)[O-]. The number of halogens is 1. The van der Waals surface area contributed by atoms with Gasteiger partial charge in [0, 0.05) is 11.0 Å². The monoisotopic (exact) mass is 338 g/mol. The van der Waals surface area contributed by atoms with Crippen molar-refractivity contribution in [2.75, 3.05) is 18.5 Å². The predicted molar refractivity (Wildman–Crippen MR) is 81.2 cm³/mol. The first-order valence-corrected chi connectivity index (χ1v) is 7.16. The van der Waals surface area contributed by atoms with E-state index in [1.54, 1.807) is 0 Å². The first-order valence-electron chi connectivity index (χ1n) is 7.16. The minimum atomic E-state index is -1.04. The molecule has 128 valence electrons. The van der Waals surface area contributed by atoms with Crippen molar-refractivity contribution in [3.63, 3.8) is 0 Å². The quantitative estimate of drug-likeness (QED) is 0.644. The van der Waals surface area contributed by atoms with Crippen molar-refractivity contribution in [2.45, 2.75) is 19.9 Å². The number of ether oxygens (including phenoxy) is 1. The number of rotatable bonds is 4. The second kappa shape index (κ2) is 5.71. The first-order chi connectivity index (χ1) is 11.3. The molecule has 0 amide bonds. The van der Waals surface area contributed by atoms with Gasteiger partial charge >= 0.3 is 11.4 Å². The summed E-state index contributed by atoms with van der Waals surface area (Å²) in [4.78, 5) is 23.8. The minimum Gasteiger partial charge on any atom is -0.379 e. The van der Waals surface area contributed by atoms with Crippen LogP contribution in [0.5, 0.6) is 0 Å². The summed E-state index contributed by atoms with van der Waals surface area (Å²) in [6.07, 6.45) is 0. The summed E-state index contributed by atoms with van der Waals surface area (Å²) in [5, 5.41) is 17.7. The van der Waals surface area contributed by atoms with Crippen LogP contribution < -0.4 is 11.1 Å². The molecule has 1 saturated heterocycles. The third-order valence-electron chi connectivity index (χ3n) is 3.99. The van der Waals surface area contributed by atoms with Gasteiger partial charge in [-0.25, -0.2) is 4.79 Å². The molecule has 2 aromatic rings. The summed E-state index contributed by atoms with van der Waals surface area (Å²) < 4.78 is 24.0. The Morgan fingerprint density at radius 1 is 1.50 bits per heavy atom. The van der Waals surface area contributed by atoms with E-state index >= 15 is 0 Å². The van der Waals surface area contributed by atoms with Crippen LogP contribution in [0.15, 0.2) is 21.5 Å². The molecule has 1 atom stereocenters. The van der Waals surface area contributed by atoms with Crippen molar-refractivity contribution in [3.8, 4) is 11.4 Å². The number of H-pyrrole nitrogens is 1. The van der Waals surface area contributed by atoms with Crippen molar-refractivity contribution in [1.29, 1.82) is 0 Å². The Balaban J connectivity index is 2.06. The molecule has 0 spiro atoms. The van der Waals surface area contributed by atoms with Gasteiger partial charge in [-0.2, -0.15) is 4.39 Å². The van der Waals surface area contributed by atoms with E-state index < -0.39 is 22.2 Å². The Kier molecular flexibility index (Phi) is 3.84. The lowest BCUT2D eigenvalue weighted by Crippen LogP contribution is -2.34. The van der Waals surface area contributed by atoms with E-state index in [1.807, 2.05) is 13.8 Å². The molecule has 1 aliphatic heterocycles. The lowest BCUT2D eigenvalue weighted by molar-refractivity contribution is -0.386. The lowest BCUT2D eigenvalue weighted by Gasteiger charge is -2.26. The number of nitrogens with one attached hydrogen (secondary N) is 2. The summed E-state index contributed by atoms with van der Waals surface area (Å²) in [6, 6.07) is 2.04. The van der Waals surface area contributed by atoms with Crippen LogP contribution in [0.3, 0.4) is 0 Å². The topological polar surface area (TPSA) is 123 Å². The number of benzene rings is 1. The molecule has 0 aliphatic carbocycles. The van der Waals surface area contributed by atoms with E-state index in [2.05, 4.69) is 20.0 Å². The van der Waals surface area contributed by atoms with Crippen LogP contribution in [0.4, 0.5) is 15.8 Å². The molecule has 0 radical (unpaired) electrons. The van der Waals surface area contributed by atoms with Crippen LogP contribution in [0, 0.1) is 21.3 Å². The largest absolute Gasteiger partial charge is 0.439 e. The third-order valence-corrected chi connectivity index (χ3v) is 3.99. The summed E-state index contributed by atoms with van der Waals surface area (Å²) >= 11 is 0. The second-order valence-electron chi connectivity index (χ2n) is 6.26. The molecule has 0 unspecified atom stereocenters. The van der Waals surface area contributed by atoms with E-state index in [-0.39, 0.29) is 28.5 Å². The smallest absolute Gasteiger partial charge is 0.379 e. The van der Waals surface area contributed by atoms with Gasteiger partial charge in [-0.1, -0.05) is 19.0 Å². The maximum absolute atomic E-state index is 14.3. The summed E-state index contributed by atoms with van der Waals surface area (Å²) in [7, 11) is 0. The highest BCUT2D eigenvalue weighted by molar-refractivity contribution is 5.71. The molecule has 24 heavy (non-hydrogen) atoms. The average Bonchev–Trinajstić information content (AvgIpc) is 3.04. The number of nitro benzene ring substituents is 1. The zero-order valence-corrected chi connectivity index (χ0v) is 13.0. The fourth-order valence-electron chi connectivity index (χ4n) is 2.58. The number of hydrogen-bond donors (Lipinski definition) is 2. The van der Waals surface area contributed by atoms with Crippen molar-refractivity contribution in [1.82, 2.24) is 10.1 Å². The third kappa shape index (κ3) is 2.87. The van der Waals surface area contributed by atoms with Crippen molar-refractivity contribution in [3.05, 3.63) is 38.6 Å². The first kappa shape index (κ1) is 16.1. The molecule has 0 saturated carbocycles. The number of hydrogen-bond acceptors (Lipinski definition) is 7. The van der Waals surface area contributed by atoms with Gasteiger partial charge in [0.2, 0.25) is 5.82 Å². The van der Waals surface area contributed by atoms with E-state index in [1.165, 1.54) is 6.07 Å². The standard InChI is InChI=1S/C14H15FN4O5/c1-14(2)6-23-5-10(14)16-9-4-7(12-17-13(20)24-18-12)3-8(15)11(9)19(21)22/h3-4,10,16H,5-6H2,1-2H3,(H,17,18,20)/t10-/m1/s1. The Bertz CT molecular complexity index is 844. The Labute approximate surface area is 135 Å². The molecule has 1 aromatic heterocycles. The average molecular weight is 338 g/mol. The van der Waals surface area contributed by atoms with Crippen LogP contribution >= 0.6 is 0 Å². The summed E-state index contributed by atoms with van der Waals surface area (Å²) in [5.41, 5.74) is -0.805. The maximum atomic E-state index is 14.3. The number of aromatic nitrogens is 2. The molecular formula is C14H15FN4O5. The highest BCUT2D eigenvalue weighted by atomic mass is 19.1. The van der Waals surface area contributed by atoms with Crippen LogP contribution in [-0.4, -0.2) is 34.3 Å². The van der Waals surface area contributed by atoms with Gasteiger partial charge in [-0.15, -0.1) is 0 Å². The number of nitrogens with zero attached hydrogens (tertiary/aromatic N) is 2. The lowest BCUT2D eigenvalue weighted by atomic mass is 9.87. The maximum Gasteiger partial charge on any atom is 0.439 e. The molecule has 10 heteroatoms. The van der Waals surface area contributed by atoms with Crippen LogP contribution in [0.25, 0.3) is 11.4 Å². The van der Waals surface area contributed by atoms with Gasteiger partial charge in [-0.05, 0) is 12.1 Å². The number of nitro groups is 1. The molecule has 3 rings (SSSR count). The minimum absolute atomic E-state index is 0.0116. The van der Waals surface area contributed by atoms with Crippen LogP contribution in [-0.2, 0) is 4.74 Å². The van der Waals surface area contributed by atoms with Crippen molar-refractivity contribution < 1.29 is 18.6 Å². The molecule has 0 bridgehead atoms. The zero-order chi connectivity index (χ0) is 17.5. The Hall–Kier alpha value is -2.75. The van der Waals surface area contributed by atoms with Crippen LogP contribution in [0.2, 0.25) is 0 Å². The molecule has 2 N–H and O–H groups in total. The molecule has 1 aromatic carbocycles. The fourth-order valence-corrected chi connectivity index (χ4v) is 2.58. The van der Waals surface area contributed by atoms with Gasteiger partial charge < -0.3 is 10.1 Å². The molecule has 2 heterocycles. The summed E-state index contributed by atoms with van der Waals surface area (Å²) in [6.45, 7) is 4.71. The normalized spacial score (nSPS) is 19.4. The number of anilines is 1. The van der Waals surface area contributed by atoms with E-state index in [0.29, 0.717) is 13.2 Å². The zero-order valence-electron chi connectivity index (χ0n) is 13.0. The highest BCUT2D eigenvalue weighted by Gasteiger charge is 2.37. The Morgan fingerprint density at radius 3 is 2.79 bits per heavy atom. The molecule has 1 aliphatic rings. The predicted octanol–water partition coefficient (Wildman–Crippen LogP) is 1.91. The van der Waals surface area contributed by atoms with Gasteiger partial charge in [-0.3, -0.25) is 19.6 Å². The fraction of sp³-hybridized carbons (Fsp3) is 0.429. The number of aromatic amines is 1. The van der Waals surface area contributed by atoms with E-state index in [0.717, 1.165) is 6.07 Å². The molecule has 9 nitrogen and oxygen atoms in total. The van der Waals surface area contributed by atoms with Gasteiger partial charge in [0.1, 0.15) is 5.69 Å². The van der Waals surface area contributed by atoms with E-state index in [4.69, 9.17) is 4.74 Å². The van der Waals surface area contributed by atoms with Crippen molar-refractivity contribution in [2.24, 2.45) is 5.41 Å². The second-order valence-corrected chi connectivity index (χ2v) is 6.26. The van der Waals surface area contributed by atoms with Gasteiger partial charge in [0.05, 0.1) is 24.2 Å². The Morgan fingerprint density at radius 2 is 2.25 bits per heavy atom.